The molecule has 0 aliphatic carbocycles. The first-order chi connectivity index (χ1) is 13.9. The first-order valence-electron chi connectivity index (χ1n) is 8.77. The third-order valence-electron chi connectivity index (χ3n) is 4.35. The van der Waals surface area contributed by atoms with Crippen molar-refractivity contribution in [3.05, 3.63) is 83.6 Å². The van der Waals surface area contributed by atoms with Gasteiger partial charge in [0.05, 0.1) is 22.6 Å². The Labute approximate surface area is 169 Å². The minimum absolute atomic E-state index is 0.0217. The lowest BCUT2D eigenvalue weighted by Crippen LogP contribution is -2.34. The van der Waals surface area contributed by atoms with E-state index in [0.29, 0.717) is 0 Å². The Morgan fingerprint density at radius 2 is 1.62 bits per heavy atom. The molecule has 2 amide bonds. The number of benzene rings is 2. The van der Waals surface area contributed by atoms with Crippen molar-refractivity contribution in [2.45, 2.75) is 11.8 Å². The van der Waals surface area contributed by atoms with E-state index in [1.54, 1.807) is 36.4 Å². The van der Waals surface area contributed by atoms with Crippen LogP contribution in [0.3, 0.4) is 0 Å². The van der Waals surface area contributed by atoms with E-state index in [2.05, 4.69) is 17.4 Å². The maximum absolute atomic E-state index is 12.9. The van der Waals surface area contributed by atoms with Gasteiger partial charge in [0.1, 0.15) is 0 Å². The fourth-order valence-electron chi connectivity index (χ4n) is 2.79. The van der Waals surface area contributed by atoms with Gasteiger partial charge in [0, 0.05) is 12.8 Å². The molecule has 1 aliphatic heterocycles. The van der Waals surface area contributed by atoms with Gasteiger partial charge in [0.2, 0.25) is 10.0 Å². The molecule has 1 heterocycles. The number of amides is 2. The Kier molecular flexibility index (Phi) is 5.89. The van der Waals surface area contributed by atoms with Crippen LogP contribution in [0.1, 0.15) is 26.3 Å². The fourth-order valence-corrected chi connectivity index (χ4v) is 4.10. The zero-order chi connectivity index (χ0) is 21.0. The second-order valence-corrected chi connectivity index (χ2v) is 8.25. The molecule has 0 radical (unpaired) electrons. The number of aryl methyl sites for hydroxylation is 1. The van der Waals surface area contributed by atoms with E-state index in [4.69, 9.17) is 0 Å². The molecule has 3 rings (SSSR count). The maximum Gasteiger partial charge on any atom is 0.282 e. The molecule has 148 valence electrons. The quantitative estimate of drug-likeness (QED) is 0.400. The number of hydrogen-bond acceptors (Lipinski definition) is 5. The van der Waals surface area contributed by atoms with Gasteiger partial charge in [0.15, 0.2) is 0 Å². The molecular weight excluding hydrogens is 390 g/mol. The number of hydrogen-bond donors (Lipinski definition) is 0. The molecule has 29 heavy (non-hydrogen) atoms. The second kappa shape index (κ2) is 8.36. The Morgan fingerprint density at radius 1 is 1.03 bits per heavy atom. The van der Waals surface area contributed by atoms with Crippen LogP contribution in [-0.2, 0) is 10.0 Å². The Morgan fingerprint density at radius 3 is 2.17 bits per heavy atom. The molecule has 0 N–H and O–H groups in total. The van der Waals surface area contributed by atoms with Crippen molar-refractivity contribution < 1.29 is 18.0 Å². The molecule has 1 aliphatic rings. The van der Waals surface area contributed by atoms with Gasteiger partial charge >= 0.3 is 0 Å². The van der Waals surface area contributed by atoms with Crippen LogP contribution in [0.2, 0.25) is 0 Å². The summed E-state index contributed by atoms with van der Waals surface area (Å²) >= 11 is 0. The summed E-state index contributed by atoms with van der Waals surface area (Å²) in [4.78, 5) is 24.8. The molecule has 0 saturated carbocycles. The first-order valence-corrected chi connectivity index (χ1v) is 10.2. The van der Waals surface area contributed by atoms with Crippen LogP contribution in [-0.4, -0.2) is 48.9 Å². The second-order valence-electron chi connectivity index (χ2n) is 6.31. The summed E-state index contributed by atoms with van der Waals surface area (Å²) in [7, 11) is -3.81. The SMILES string of the molecule is C=C=CCN(C/C=N/N1C(=O)c2ccccc2C1=O)S(=O)(=O)c1ccc(C)cc1. The summed E-state index contributed by atoms with van der Waals surface area (Å²) in [5, 5.41) is 4.66. The third-order valence-corrected chi connectivity index (χ3v) is 6.20. The zero-order valence-electron chi connectivity index (χ0n) is 15.8. The summed E-state index contributed by atoms with van der Waals surface area (Å²) in [5.41, 5.74) is 4.03. The minimum Gasteiger partial charge on any atom is -0.267 e. The molecule has 2 aromatic carbocycles. The van der Waals surface area contributed by atoms with Gasteiger partial charge in [-0.05, 0) is 37.3 Å². The minimum atomic E-state index is -3.81. The van der Waals surface area contributed by atoms with Crippen LogP contribution >= 0.6 is 0 Å². The van der Waals surface area contributed by atoms with E-state index >= 15 is 0 Å². The third kappa shape index (κ3) is 4.09. The van der Waals surface area contributed by atoms with Crippen molar-refractivity contribution >= 4 is 28.1 Å². The van der Waals surface area contributed by atoms with Crippen molar-refractivity contribution in [3.63, 3.8) is 0 Å². The standard InChI is InChI=1S/C21H19N3O4S/c1-3-4-14-23(29(27,28)17-11-9-16(2)10-12-17)15-13-22-24-20(25)18-7-5-6-8-19(18)21(24)26/h4-13H,1,14-15H2,2H3/b22-13+. The summed E-state index contributed by atoms with van der Waals surface area (Å²) in [6, 6.07) is 12.9. The largest absolute Gasteiger partial charge is 0.282 e. The Hall–Kier alpha value is -3.32. The number of fused-ring (bicyclic) bond motifs is 1. The Bertz CT molecular complexity index is 1100. The van der Waals surface area contributed by atoms with Crippen LogP contribution in [0.15, 0.2) is 76.9 Å². The number of rotatable bonds is 7. The highest BCUT2D eigenvalue weighted by atomic mass is 32.2. The highest BCUT2D eigenvalue weighted by Gasteiger charge is 2.35. The fraction of sp³-hybridized carbons (Fsp3) is 0.143. The number of carbonyl (C=O) groups is 2. The molecule has 2 aromatic rings. The van der Waals surface area contributed by atoms with Gasteiger partial charge in [0.25, 0.3) is 11.8 Å². The summed E-state index contributed by atoms with van der Waals surface area (Å²) < 4.78 is 27.0. The average Bonchev–Trinajstić information content (AvgIpc) is 2.95. The van der Waals surface area contributed by atoms with Gasteiger partial charge in [-0.15, -0.1) is 5.73 Å². The van der Waals surface area contributed by atoms with E-state index < -0.39 is 21.8 Å². The van der Waals surface area contributed by atoms with Crippen LogP contribution in [0.25, 0.3) is 0 Å². The van der Waals surface area contributed by atoms with Gasteiger partial charge in [-0.3, -0.25) is 9.59 Å². The lowest BCUT2D eigenvalue weighted by atomic mass is 10.1. The predicted octanol–water partition coefficient (Wildman–Crippen LogP) is 2.61. The molecule has 0 unspecified atom stereocenters. The van der Waals surface area contributed by atoms with Gasteiger partial charge in [-0.25, -0.2) is 8.42 Å². The van der Waals surface area contributed by atoms with Crippen molar-refractivity contribution in [1.82, 2.24) is 9.31 Å². The number of hydrazone groups is 1. The lowest BCUT2D eigenvalue weighted by Gasteiger charge is -2.19. The van der Waals surface area contributed by atoms with E-state index in [-0.39, 0.29) is 29.1 Å². The van der Waals surface area contributed by atoms with Crippen LogP contribution in [0.4, 0.5) is 0 Å². The average molecular weight is 409 g/mol. The molecule has 0 spiro atoms. The van der Waals surface area contributed by atoms with E-state index in [9.17, 15) is 18.0 Å². The van der Waals surface area contributed by atoms with Crippen molar-refractivity contribution in [2.24, 2.45) is 5.10 Å². The van der Waals surface area contributed by atoms with Crippen LogP contribution in [0, 0.1) is 6.92 Å². The number of imide groups is 1. The summed E-state index contributed by atoms with van der Waals surface area (Å²) in [6.07, 6.45) is 2.70. The Balaban J connectivity index is 1.81. The molecule has 0 fully saturated rings. The molecule has 0 bridgehead atoms. The maximum atomic E-state index is 12.9. The van der Waals surface area contributed by atoms with E-state index in [0.717, 1.165) is 14.9 Å². The van der Waals surface area contributed by atoms with E-state index in [1.807, 2.05) is 6.92 Å². The molecule has 0 atom stereocenters. The molecule has 7 nitrogen and oxygen atoms in total. The topological polar surface area (TPSA) is 87.1 Å². The zero-order valence-corrected chi connectivity index (χ0v) is 16.6. The van der Waals surface area contributed by atoms with Gasteiger partial charge in [-0.1, -0.05) is 36.4 Å². The van der Waals surface area contributed by atoms with E-state index in [1.165, 1.54) is 24.4 Å². The smallest absolute Gasteiger partial charge is 0.267 e. The molecule has 0 aromatic heterocycles. The lowest BCUT2D eigenvalue weighted by molar-refractivity contribution is 0.0659. The highest BCUT2D eigenvalue weighted by molar-refractivity contribution is 7.89. The molecule has 0 saturated heterocycles. The highest BCUT2D eigenvalue weighted by Crippen LogP contribution is 2.22. The van der Waals surface area contributed by atoms with Crippen molar-refractivity contribution in [1.29, 1.82) is 0 Å². The molecular formula is C21H19N3O4S. The number of nitrogens with zero attached hydrogens (tertiary/aromatic N) is 3. The summed E-state index contributed by atoms with van der Waals surface area (Å²) in [6.45, 7) is 5.20. The predicted molar refractivity (Wildman–Crippen MR) is 109 cm³/mol. The summed E-state index contributed by atoms with van der Waals surface area (Å²) in [5.74, 6) is -1.08. The van der Waals surface area contributed by atoms with Crippen molar-refractivity contribution in [3.8, 4) is 0 Å². The normalized spacial score (nSPS) is 13.8. The monoisotopic (exact) mass is 409 g/mol. The number of carbonyl (C=O) groups excluding carboxylic acids is 2. The number of sulfonamides is 1. The van der Waals surface area contributed by atoms with Gasteiger partial charge in [-0.2, -0.15) is 14.4 Å². The van der Waals surface area contributed by atoms with Gasteiger partial charge < -0.3 is 0 Å². The van der Waals surface area contributed by atoms with Crippen LogP contribution in [0.5, 0.6) is 0 Å². The van der Waals surface area contributed by atoms with Crippen molar-refractivity contribution in [2.75, 3.05) is 13.1 Å². The first kappa shape index (κ1) is 20.4. The van der Waals surface area contributed by atoms with Crippen LogP contribution < -0.4 is 0 Å². The molecule has 8 heteroatoms.